The number of hydrogen-bond acceptors (Lipinski definition) is 4. The van der Waals surface area contributed by atoms with Crippen molar-refractivity contribution in [3.63, 3.8) is 0 Å². The normalized spacial score (nSPS) is 20.9. The van der Waals surface area contributed by atoms with Crippen molar-refractivity contribution in [1.29, 1.82) is 0 Å². The average molecular weight is 369 g/mol. The predicted octanol–water partition coefficient (Wildman–Crippen LogP) is 4.18. The number of esters is 1. The van der Waals surface area contributed by atoms with Crippen LogP contribution in [0.15, 0.2) is 0 Å². The second-order valence-electron chi connectivity index (χ2n) is 7.80. The second kappa shape index (κ2) is 14.0. The molecule has 1 saturated heterocycles. The largest absolute Gasteiger partial charge is 0.460 e. The van der Waals surface area contributed by atoms with E-state index in [0.29, 0.717) is 25.8 Å². The van der Waals surface area contributed by atoms with Crippen LogP contribution < -0.4 is 5.73 Å². The summed E-state index contributed by atoms with van der Waals surface area (Å²) in [5.74, 6) is -0.198. The molecule has 0 aromatic rings. The smallest absolute Gasteiger partial charge is 0.306 e. The molecular formula is C21H40N2O3. The maximum atomic E-state index is 12.0. The lowest BCUT2D eigenvalue weighted by Gasteiger charge is -2.21. The van der Waals surface area contributed by atoms with Gasteiger partial charge in [0.15, 0.2) is 0 Å². The molecule has 5 nitrogen and oxygen atoms in total. The van der Waals surface area contributed by atoms with Crippen molar-refractivity contribution in [1.82, 2.24) is 4.90 Å². The summed E-state index contributed by atoms with van der Waals surface area (Å²) >= 11 is 0. The molecule has 0 aliphatic carbocycles. The zero-order valence-electron chi connectivity index (χ0n) is 17.0. The highest BCUT2D eigenvalue weighted by atomic mass is 16.5. The van der Waals surface area contributed by atoms with Crippen molar-refractivity contribution in [3.8, 4) is 0 Å². The monoisotopic (exact) mass is 368 g/mol. The molecule has 1 heterocycles. The minimum absolute atomic E-state index is 0.0612. The lowest BCUT2D eigenvalue weighted by molar-refractivity contribution is -0.151. The summed E-state index contributed by atoms with van der Waals surface area (Å²) in [5, 5.41) is 0. The standard InChI is InChI=1S/C21H40N2O3/c1-3-4-5-6-7-8-9-10-11-12-13-14-20(24)26-18-15-16-19(22)21(25)23(2)17-18/h18-19H,3-17,22H2,1-2H3/t18-,19-/m0/s1. The molecule has 0 saturated carbocycles. The minimum atomic E-state index is -0.463. The summed E-state index contributed by atoms with van der Waals surface area (Å²) in [5.41, 5.74) is 5.81. The van der Waals surface area contributed by atoms with Crippen LogP contribution in [0.1, 0.15) is 96.8 Å². The Kier molecular flexibility index (Phi) is 12.4. The van der Waals surface area contributed by atoms with Crippen LogP contribution in [-0.2, 0) is 14.3 Å². The van der Waals surface area contributed by atoms with E-state index in [-0.39, 0.29) is 18.0 Å². The van der Waals surface area contributed by atoms with Crippen molar-refractivity contribution < 1.29 is 14.3 Å². The number of likely N-dealkylation sites (N-methyl/N-ethyl adjacent to an activating group) is 1. The molecule has 1 amide bonds. The van der Waals surface area contributed by atoms with Crippen molar-refractivity contribution >= 4 is 11.9 Å². The maximum Gasteiger partial charge on any atom is 0.306 e. The molecule has 152 valence electrons. The summed E-state index contributed by atoms with van der Waals surface area (Å²) in [4.78, 5) is 25.4. The fourth-order valence-electron chi connectivity index (χ4n) is 3.53. The summed E-state index contributed by atoms with van der Waals surface area (Å²) in [7, 11) is 1.72. The van der Waals surface area contributed by atoms with Crippen LogP contribution in [0, 0.1) is 0 Å². The highest BCUT2D eigenvalue weighted by Gasteiger charge is 2.28. The first kappa shape index (κ1) is 22.9. The molecule has 1 aliphatic rings. The SMILES string of the molecule is CCCCCCCCCCCCCC(=O)O[C@H]1CC[C@H](N)C(=O)N(C)C1. The highest BCUT2D eigenvalue weighted by Crippen LogP contribution is 2.15. The van der Waals surface area contributed by atoms with Gasteiger partial charge in [-0.1, -0.05) is 71.1 Å². The Bertz CT molecular complexity index is 401. The van der Waals surface area contributed by atoms with E-state index >= 15 is 0 Å². The first-order valence-electron chi connectivity index (χ1n) is 10.7. The van der Waals surface area contributed by atoms with Crippen LogP contribution in [0.5, 0.6) is 0 Å². The highest BCUT2D eigenvalue weighted by molar-refractivity contribution is 5.81. The van der Waals surface area contributed by atoms with Gasteiger partial charge >= 0.3 is 5.97 Å². The Hall–Kier alpha value is -1.10. The van der Waals surface area contributed by atoms with Gasteiger partial charge in [-0.2, -0.15) is 0 Å². The van der Waals surface area contributed by atoms with Crippen LogP contribution in [0.4, 0.5) is 0 Å². The van der Waals surface area contributed by atoms with Crippen molar-refractivity contribution in [2.24, 2.45) is 5.73 Å². The van der Waals surface area contributed by atoms with Gasteiger partial charge in [0, 0.05) is 13.5 Å². The van der Waals surface area contributed by atoms with E-state index < -0.39 is 6.04 Å². The van der Waals surface area contributed by atoms with Gasteiger partial charge in [-0.3, -0.25) is 9.59 Å². The van der Waals surface area contributed by atoms with Gasteiger partial charge in [0.25, 0.3) is 0 Å². The van der Waals surface area contributed by atoms with Crippen molar-refractivity contribution in [3.05, 3.63) is 0 Å². The summed E-state index contributed by atoms with van der Waals surface area (Å²) < 4.78 is 5.54. The zero-order valence-corrected chi connectivity index (χ0v) is 17.0. The molecule has 0 radical (unpaired) electrons. The first-order valence-corrected chi connectivity index (χ1v) is 10.7. The van der Waals surface area contributed by atoms with E-state index in [1.807, 2.05) is 0 Å². The van der Waals surface area contributed by atoms with Gasteiger partial charge in [0.1, 0.15) is 6.10 Å². The average Bonchev–Trinajstić information content (AvgIpc) is 2.73. The third kappa shape index (κ3) is 10.1. The Balaban J connectivity index is 1.99. The molecule has 26 heavy (non-hydrogen) atoms. The molecule has 1 fully saturated rings. The van der Waals surface area contributed by atoms with E-state index in [0.717, 1.165) is 12.8 Å². The molecule has 5 heteroatoms. The van der Waals surface area contributed by atoms with E-state index in [1.165, 1.54) is 57.8 Å². The van der Waals surface area contributed by atoms with Crippen molar-refractivity contribution in [2.45, 2.75) is 109 Å². The first-order chi connectivity index (χ1) is 12.5. The number of carbonyl (C=O) groups excluding carboxylic acids is 2. The number of likely N-dealkylation sites (tertiary alicyclic amines) is 1. The van der Waals surface area contributed by atoms with Gasteiger partial charge in [0.2, 0.25) is 5.91 Å². The Morgan fingerprint density at radius 2 is 1.54 bits per heavy atom. The van der Waals surface area contributed by atoms with Gasteiger partial charge < -0.3 is 15.4 Å². The van der Waals surface area contributed by atoms with Gasteiger partial charge in [-0.15, -0.1) is 0 Å². The lowest BCUT2D eigenvalue weighted by atomic mass is 10.1. The lowest BCUT2D eigenvalue weighted by Crippen LogP contribution is -2.41. The number of nitrogens with two attached hydrogens (primary N) is 1. The van der Waals surface area contributed by atoms with Gasteiger partial charge in [-0.05, 0) is 19.3 Å². The zero-order chi connectivity index (χ0) is 19.2. The predicted molar refractivity (Wildman–Crippen MR) is 106 cm³/mol. The summed E-state index contributed by atoms with van der Waals surface area (Å²) in [6.07, 6.45) is 15.5. The molecule has 0 unspecified atom stereocenters. The van der Waals surface area contributed by atoms with Crippen molar-refractivity contribution in [2.75, 3.05) is 13.6 Å². The fourth-order valence-corrected chi connectivity index (χ4v) is 3.53. The third-order valence-corrected chi connectivity index (χ3v) is 5.25. The molecular weight excluding hydrogens is 328 g/mol. The number of ether oxygens (including phenoxy) is 1. The number of amides is 1. The van der Waals surface area contributed by atoms with Crippen LogP contribution in [-0.4, -0.2) is 42.5 Å². The van der Waals surface area contributed by atoms with Gasteiger partial charge in [-0.25, -0.2) is 0 Å². The summed E-state index contributed by atoms with van der Waals surface area (Å²) in [6, 6.07) is -0.463. The maximum absolute atomic E-state index is 12.0. The van der Waals surface area contributed by atoms with Crippen LogP contribution in [0.3, 0.4) is 0 Å². The molecule has 1 aliphatic heterocycles. The summed E-state index contributed by atoms with van der Waals surface area (Å²) in [6.45, 7) is 2.71. The number of unbranched alkanes of at least 4 members (excludes halogenated alkanes) is 10. The third-order valence-electron chi connectivity index (χ3n) is 5.25. The number of hydrogen-bond donors (Lipinski definition) is 1. The van der Waals surface area contributed by atoms with E-state index in [4.69, 9.17) is 10.5 Å². The number of rotatable bonds is 13. The molecule has 0 aromatic carbocycles. The number of carbonyl (C=O) groups is 2. The van der Waals surface area contributed by atoms with Gasteiger partial charge in [0.05, 0.1) is 12.6 Å². The Morgan fingerprint density at radius 1 is 1.00 bits per heavy atom. The van der Waals surface area contributed by atoms with E-state index in [1.54, 1.807) is 11.9 Å². The van der Waals surface area contributed by atoms with Crippen LogP contribution in [0.2, 0.25) is 0 Å². The topological polar surface area (TPSA) is 72.6 Å². The second-order valence-corrected chi connectivity index (χ2v) is 7.80. The molecule has 0 aromatic heterocycles. The minimum Gasteiger partial charge on any atom is -0.460 e. The van der Waals surface area contributed by atoms with Crippen LogP contribution in [0.25, 0.3) is 0 Å². The van der Waals surface area contributed by atoms with E-state index in [2.05, 4.69) is 6.92 Å². The molecule has 2 N–H and O–H groups in total. The fraction of sp³-hybridized carbons (Fsp3) is 0.905. The number of nitrogens with zero attached hydrogens (tertiary/aromatic N) is 1. The molecule has 0 spiro atoms. The molecule has 2 atom stereocenters. The Labute approximate surface area is 160 Å². The molecule has 0 bridgehead atoms. The Morgan fingerprint density at radius 3 is 2.12 bits per heavy atom. The van der Waals surface area contributed by atoms with Crippen LogP contribution >= 0.6 is 0 Å². The quantitative estimate of drug-likeness (QED) is 0.391. The molecule has 1 rings (SSSR count). The van der Waals surface area contributed by atoms with E-state index in [9.17, 15) is 9.59 Å².